The molecule has 0 saturated carbocycles. The molecular formula is C11H10BrN3O2. The van der Waals surface area contributed by atoms with E-state index in [2.05, 4.69) is 31.2 Å². The van der Waals surface area contributed by atoms with Crippen molar-refractivity contribution in [3.63, 3.8) is 0 Å². The second kappa shape index (κ2) is 4.67. The Labute approximate surface area is 106 Å². The maximum atomic E-state index is 11.8. The number of hydrogen-bond acceptors (Lipinski definition) is 4. The van der Waals surface area contributed by atoms with Gasteiger partial charge in [0.05, 0.1) is 17.6 Å². The van der Waals surface area contributed by atoms with Gasteiger partial charge in [0.15, 0.2) is 6.39 Å². The molecule has 17 heavy (non-hydrogen) atoms. The number of oxazole rings is 1. The molecule has 0 radical (unpaired) electrons. The zero-order valence-electron chi connectivity index (χ0n) is 9.32. The van der Waals surface area contributed by atoms with E-state index in [0.717, 1.165) is 10.2 Å². The number of halogens is 1. The van der Waals surface area contributed by atoms with Gasteiger partial charge in [-0.05, 0) is 41.4 Å². The largest absolute Gasteiger partial charge is 0.438 e. The lowest BCUT2D eigenvalue weighted by Gasteiger charge is -2.04. The van der Waals surface area contributed by atoms with Crippen molar-refractivity contribution < 1.29 is 9.21 Å². The minimum atomic E-state index is -0.330. The predicted octanol–water partition coefficient (Wildman–Crippen LogP) is 2.70. The number of nitrogens with one attached hydrogen (secondary N) is 1. The van der Waals surface area contributed by atoms with E-state index in [4.69, 9.17) is 4.42 Å². The van der Waals surface area contributed by atoms with Gasteiger partial charge in [-0.3, -0.25) is 4.79 Å². The highest BCUT2D eigenvalue weighted by Gasteiger charge is 2.14. The van der Waals surface area contributed by atoms with Crippen molar-refractivity contribution in [1.29, 1.82) is 0 Å². The lowest BCUT2D eigenvalue weighted by Crippen LogP contribution is -2.12. The first-order valence-electron chi connectivity index (χ1n) is 4.91. The zero-order valence-corrected chi connectivity index (χ0v) is 10.9. The Hall–Kier alpha value is -1.69. The average molecular weight is 296 g/mol. The van der Waals surface area contributed by atoms with Gasteiger partial charge in [0.25, 0.3) is 5.91 Å². The van der Waals surface area contributed by atoms with Gasteiger partial charge in [-0.25, -0.2) is 9.97 Å². The summed E-state index contributed by atoms with van der Waals surface area (Å²) in [6, 6.07) is 1.82. The van der Waals surface area contributed by atoms with Crippen LogP contribution in [0.4, 0.5) is 5.69 Å². The standard InChI is InChI=1S/C11H10BrN3O2/c1-6-3-8(4-13-10(6)12)15-11(16)9-7(2)14-5-17-9/h3-5H,1-2H3,(H,15,16). The lowest BCUT2D eigenvalue weighted by atomic mass is 10.3. The van der Waals surface area contributed by atoms with E-state index in [1.807, 2.05) is 13.0 Å². The maximum absolute atomic E-state index is 11.8. The summed E-state index contributed by atoms with van der Waals surface area (Å²) in [6.07, 6.45) is 2.82. The van der Waals surface area contributed by atoms with Crippen molar-refractivity contribution >= 4 is 27.5 Å². The van der Waals surface area contributed by atoms with E-state index in [1.54, 1.807) is 13.1 Å². The van der Waals surface area contributed by atoms with E-state index in [0.29, 0.717) is 11.4 Å². The molecule has 2 heterocycles. The molecule has 5 nitrogen and oxygen atoms in total. The lowest BCUT2D eigenvalue weighted by molar-refractivity contribution is 0.0996. The number of amides is 1. The number of pyridine rings is 1. The second-order valence-electron chi connectivity index (χ2n) is 3.55. The van der Waals surface area contributed by atoms with Crippen molar-refractivity contribution in [1.82, 2.24) is 9.97 Å². The molecule has 0 unspecified atom stereocenters. The molecule has 2 rings (SSSR count). The normalized spacial score (nSPS) is 10.3. The highest BCUT2D eigenvalue weighted by molar-refractivity contribution is 9.10. The Bertz CT molecular complexity index is 566. The maximum Gasteiger partial charge on any atom is 0.293 e. The molecule has 1 amide bonds. The average Bonchev–Trinajstić information content (AvgIpc) is 2.70. The van der Waals surface area contributed by atoms with E-state index in [-0.39, 0.29) is 11.7 Å². The van der Waals surface area contributed by atoms with Gasteiger partial charge in [-0.2, -0.15) is 0 Å². The number of nitrogens with zero attached hydrogens (tertiary/aromatic N) is 2. The van der Waals surface area contributed by atoms with Crippen LogP contribution in [0.1, 0.15) is 21.8 Å². The molecule has 0 saturated heterocycles. The molecule has 0 aromatic carbocycles. The third-order valence-electron chi connectivity index (χ3n) is 2.22. The number of aryl methyl sites for hydroxylation is 2. The molecule has 0 aliphatic rings. The number of anilines is 1. The van der Waals surface area contributed by atoms with Crippen molar-refractivity contribution in [3.05, 3.63) is 40.3 Å². The molecule has 1 N–H and O–H groups in total. The molecule has 0 atom stereocenters. The minimum Gasteiger partial charge on any atom is -0.438 e. The fourth-order valence-electron chi connectivity index (χ4n) is 1.33. The monoisotopic (exact) mass is 295 g/mol. The smallest absolute Gasteiger partial charge is 0.293 e. The molecule has 0 spiro atoms. The molecule has 0 aliphatic carbocycles. The minimum absolute atomic E-state index is 0.213. The number of carbonyl (C=O) groups is 1. The first-order valence-corrected chi connectivity index (χ1v) is 5.71. The van der Waals surface area contributed by atoms with Crippen LogP contribution in [0.25, 0.3) is 0 Å². The van der Waals surface area contributed by atoms with E-state index < -0.39 is 0 Å². The first kappa shape index (κ1) is 11.8. The SMILES string of the molecule is Cc1cc(NC(=O)c2ocnc2C)cnc1Br. The van der Waals surface area contributed by atoms with Crippen LogP contribution < -0.4 is 5.32 Å². The van der Waals surface area contributed by atoms with Gasteiger partial charge in [-0.1, -0.05) is 0 Å². The summed E-state index contributed by atoms with van der Waals surface area (Å²) in [5.74, 6) is -0.117. The van der Waals surface area contributed by atoms with Crippen LogP contribution in [-0.4, -0.2) is 15.9 Å². The van der Waals surface area contributed by atoms with Gasteiger partial charge in [0.2, 0.25) is 5.76 Å². The van der Waals surface area contributed by atoms with Crippen LogP contribution in [-0.2, 0) is 0 Å². The molecule has 2 aromatic heterocycles. The Kier molecular flexibility index (Phi) is 3.23. The zero-order chi connectivity index (χ0) is 12.4. The van der Waals surface area contributed by atoms with Crippen LogP contribution >= 0.6 is 15.9 Å². The highest BCUT2D eigenvalue weighted by Crippen LogP contribution is 2.17. The Morgan fingerprint density at radius 2 is 2.18 bits per heavy atom. The van der Waals surface area contributed by atoms with Crippen LogP contribution in [0.5, 0.6) is 0 Å². The van der Waals surface area contributed by atoms with Crippen molar-refractivity contribution in [2.45, 2.75) is 13.8 Å². The van der Waals surface area contributed by atoms with Gasteiger partial charge in [0.1, 0.15) is 4.60 Å². The van der Waals surface area contributed by atoms with Gasteiger partial charge in [-0.15, -0.1) is 0 Å². The molecule has 0 bridgehead atoms. The quantitative estimate of drug-likeness (QED) is 0.865. The van der Waals surface area contributed by atoms with Gasteiger partial charge >= 0.3 is 0 Å². The van der Waals surface area contributed by atoms with Crippen LogP contribution in [0.3, 0.4) is 0 Å². The molecule has 0 fully saturated rings. The number of hydrogen-bond donors (Lipinski definition) is 1. The van der Waals surface area contributed by atoms with Crippen molar-refractivity contribution in [2.24, 2.45) is 0 Å². The summed E-state index contributed by atoms with van der Waals surface area (Å²) < 4.78 is 5.76. The Balaban J connectivity index is 2.19. The molecule has 0 aliphatic heterocycles. The molecular weight excluding hydrogens is 286 g/mol. The number of rotatable bonds is 2. The number of carbonyl (C=O) groups excluding carboxylic acids is 1. The van der Waals surface area contributed by atoms with E-state index in [9.17, 15) is 4.79 Å². The number of aromatic nitrogens is 2. The van der Waals surface area contributed by atoms with Gasteiger partial charge in [0, 0.05) is 0 Å². The molecule has 6 heteroatoms. The molecule has 2 aromatic rings. The topological polar surface area (TPSA) is 68.0 Å². The van der Waals surface area contributed by atoms with E-state index in [1.165, 1.54) is 6.39 Å². The fourth-order valence-corrected chi connectivity index (χ4v) is 1.55. The summed E-state index contributed by atoms with van der Waals surface area (Å²) in [6.45, 7) is 3.61. The third kappa shape index (κ3) is 2.52. The summed E-state index contributed by atoms with van der Waals surface area (Å²) in [5.41, 5.74) is 2.12. The highest BCUT2D eigenvalue weighted by atomic mass is 79.9. The third-order valence-corrected chi connectivity index (χ3v) is 3.05. The summed E-state index contributed by atoms with van der Waals surface area (Å²) >= 11 is 3.29. The van der Waals surface area contributed by atoms with Crippen molar-refractivity contribution in [3.8, 4) is 0 Å². The van der Waals surface area contributed by atoms with Gasteiger partial charge < -0.3 is 9.73 Å². The first-order chi connectivity index (χ1) is 8.08. The van der Waals surface area contributed by atoms with E-state index >= 15 is 0 Å². The Morgan fingerprint density at radius 3 is 2.76 bits per heavy atom. The second-order valence-corrected chi connectivity index (χ2v) is 4.30. The van der Waals surface area contributed by atoms with Crippen LogP contribution in [0.2, 0.25) is 0 Å². The predicted molar refractivity (Wildman–Crippen MR) is 65.9 cm³/mol. The van der Waals surface area contributed by atoms with Crippen LogP contribution in [0, 0.1) is 13.8 Å². The summed E-state index contributed by atoms with van der Waals surface area (Å²) in [7, 11) is 0. The summed E-state index contributed by atoms with van der Waals surface area (Å²) in [4.78, 5) is 19.8. The van der Waals surface area contributed by atoms with Crippen LogP contribution in [0.15, 0.2) is 27.7 Å². The summed E-state index contributed by atoms with van der Waals surface area (Å²) in [5, 5.41) is 2.70. The Morgan fingerprint density at radius 1 is 1.41 bits per heavy atom. The fraction of sp³-hybridized carbons (Fsp3) is 0.182. The van der Waals surface area contributed by atoms with Crippen molar-refractivity contribution in [2.75, 3.05) is 5.32 Å². The molecule has 88 valence electrons.